The maximum absolute atomic E-state index is 12.0. The Morgan fingerprint density at radius 1 is 1.39 bits per heavy atom. The van der Waals surface area contributed by atoms with Crippen molar-refractivity contribution in [1.82, 2.24) is 0 Å². The van der Waals surface area contributed by atoms with E-state index in [0.717, 1.165) is 0 Å². The summed E-state index contributed by atoms with van der Waals surface area (Å²) in [7, 11) is -3.46. The molecule has 0 atom stereocenters. The Morgan fingerprint density at radius 3 is 2.44 bits per heavy atom. The Balaban J connectivity index is 3.39. The van der Waals surface area contributed by atoms with Gasteiger partial charge < -0.3 is 5.11 Å². The summed E-state index contributed by atoms with van der Waals surface area (Å²) in [4.78, 5) is 10.7. The Bertz CT molecular complexity index is 606. The number of benzene rings is 1. The van der Waals surface area contributed by atoms with E-state index in [-0.39, 0.29) is 11.3 Å². The molecule has 0 spiro atoms. The molecule has 0 aliphatic carbocycles. The number of carbonyl (C=O) groups is 1. The zero-order chi connectivity index (χ0) is 13.9. The first-order valence-corrected chi connectivity index (χ1v) is 6.88. The van der Waals surface area contributed by atoms with Crippen LogP contribution in [0.15, 0.2) is 23.1 Å². The molecule has 18 heavy (non-hydrogen) atoms. The lowest BCUT2D eigenvalue weighted by Crippen LogP contribution is -2.15. The molecule has 1 rings (SSSR count). The van der Waals surface area contributed by atoms with Crippen molar-refractivity contribution in [3.05, 3.63) is 29.3 Å². The molecule has 96 valence electrons. The number of rotatable bonds is 4. The fraction of sp³-hybridized carbons (Fsp3) is 0.308. The van der Waals surface area contributed by atoms with Crippen LogP contribution in [0.2, 0.25) is 0 Å². The number of terminal acetylenes is 1. The molecule has 0 bridgehead atoms. The smallest absolute Gasteiger partial charge is 0.307 e. The van der Waals surface area contributed by atoms with E-state index in [1.807, 2.05) is 0 Å². The SMILES string of the molecule is C#Cc1cc(CC(=O)O)cc(S(=O)(=O)C(C)C)c1. The summed E-state index contributed by atoms with van der Waals surface area (Å²) in [6.07, 6.45) is 4.99. The van der Waals surface area contributed by atoms with Crippen LogP contribution in [0, 0.1) is 12.3 Å². The Labute approximate surface area is 107 Å². The van der Waals surface area contributed by atoms with E-state index >= 15 is 0 Å². The normalized spacial score (nSPS) is 11.2. The number of aliphatic carboxylic acids is 1. The van der Waals surface area contributed by atoms with Crippen LogP contribution < -0.4 is 0 Å². The van der Waals surface area contributed by atoms with Gasteiger partial charge in [-0.3, -0.25) is 4.79 Å². The highest BCUT2D eigenvalue weighted by Gasteiger charge is 2.20. The van der Waals surface area contributed by atoms with E-state index in [1.165, 1.54) is 18.2 Å². The third-order valence-electron chi connectivity index (χ3n) is 2.44. The van der Waals surface area contributed by atoms with Gasteiger partial charge in [-0.15, -0.1) is 6.42 Å². The van der Waals surface area contributed by atoms with Crippen LogP contribution in [0.25, 0.3) is 0 Å². The van der Waals surface area contributed by atoms with E-state index in [9.17, 15) is 13.2 Å². The van der Waals surface area contributed by atoms with Crippen molar-refractivity contribution in [2.24, 2.45) is 0 Å². The maximum Gasteiger partial charge on any atom is 0.307 e. The summed E-state index contributed by atoms with van der Waals surface area (Å²) >= 11 is 0. The topological polar surface area (TPSA) is 71.4 Å². The number of hydrogen-bond donors (Lipinski definition) is 1. The van der Waals surface area contributed by atoms with Gasteiger partial charge in [0.25, 0.3) is 0 Å². The predicted molar refractivity (Wildman–Crippen MR) is 68.0 cm³/mol. The van der Waals surface area contributed by atoms with Crippen LogP contribution in [0.4, 0.5) is 0 Å². The summed E-state index contributed by atoms with van der Waals surface area (Å²) < 4.78 is 24.0. The molecule has 0 heterocycles. The van der Waals surface area contributed by atoms with E-state index in [4.69, 9.17) is 11.5 Å². The van der Waals surface area contributed by atoms with Crippen LogP contribution in [-0.4, -0.2) is 24.7 Å². The van der Waals surface area contributed by atoms with Gasteiger partial charge in [-0.2, -0.15) is 0 Å². The van der Waals surface area contributed by atoms with Gasteiger partial charge in [0.2, 0.25) is 0 Å². The van der Waals surface area contributed by atoms with Gasteiger partial charge >= 0.3 is 5.97 Å². The van der Waals surface area contributed by atoms with Crippen molar-refractivity contribution in [3.63, 3.8) is 0 Å². The van der Waals surface area contributed by atoms with Gasteiger partial charge in [-0.05, 0) is 37.6 Å². The second-order valence-corrected chi connectivity index (χ2v) is 6.68. The van der Waals surface area contributed by atoms with Crippen LogP contribution in [0.5, 0.6) is 0 Å². The first-order chi connectivity index (χ1) is 8.27. The Hall–Kier alpha value is -1.80. The van der Waals surface area contributed by atoms with Gasteiger partial charge in [-0.25, -0.2) is 8.42 Å². The number of carboxylic acids is 1. The van der Waals surface area contributed by atoms with Gasteiger partial charge in [0.1, 0.15) is 0 Å². The zero-order valence-electron chi connectivity index (χ0n) is 10.2. The van der Waals surface area contributed by atoms with E-state index < -0.39 is 21.1 Å². The van der Waals surface area contributed by atoms with Crippen molar-refractivity contribution in [3.8, 4) is 12.3 Å². The quantitative estimate of drug-likeness (QED) is 0.838. The molecule has 0 unspecified atom stereocenters. The molecule has 1 aromatic rings. The van der Waals surface area contributed by atoms with E-state index in [0.29, 0.717) is 11.1 Å². The summed E-state index contributed by atoms with van der Waals surface area (Å²) in [6.45, 7) is 3.13. The van der Waals surface area contributed by atoms with Crippen molar-refractivity contribution in [2.45, 2.75) is 30.4 Å². The van der Waals surface area contributed by atoms with E-state index in [2.05, 4.69) is 5.92 Å². The molecule has 4 nitrogen and oxygen atoms in total. The summed E-state index contributed by atoms with van der Waals surface area (Å²) in [6, 6.07) is 4.26. The molecule has 0 aromatic heterocycles. The van der Waals surface area contributed by atoms with Crippen molar-refractivity contribution >= 4 is 15.8 Å². The maximum atomic E-state index is 12.0. The average Bonchev–Trinajstić information content (AvgIpc) is 2.27. The number of hydrogen-bond acceptors (Lipinski definition) is 3. The standard InChI is InChI=1S/C13H14O4S/c1-4-10-5-11(8-13(14)15)7-12(6-10)18(16,17)9(2)3/h1,5-7,9H,8H2,2-3H3,(H,14,15). The third-order valence-corrected chi connectivity index (χ3v) is 4.57. The molecule has 0 amide bonds. The lowest BCUT2D eigenvalue weighted by atomic mass is 10.1. The fourth-order valence-electron chi connectivity index (χ4n) is 1.46. The van der Waals surface area contributed by atoms with Gasteiger partial charge in [0.15, 0.2) is 9.84 Å². The molecule has 1 aromatic carbocycles. The van der Waals surface area contributed by atoms with Gasteiger partial charge in [-0.1, -0.05) is 5.92 Å². The minimum absolute atomic E-state index is 0.0733. The minimum Gasteiger partial charge on any atom is -0.481 e. The molecule has 0 aliphatic rings. The highest BCUT2D eigenvalue weighted by Crippen LogP contribution is 2.20. The zero-order valence-corrected chi connectivity index (χ0v) is 11.0. The average molecular weight is 266 g/mol. The first kappa shape index (κ1) is 14.3. The number of sulfone groups is 1. The lowest BCUT2D eigenvalue weighted by Gasteiger charge is -2.10. The number of carboxylic acid groups (broad SMARTS) is 1. The molecular weight excluding hydrogens is 252 g/mol. The van der Waals surface area contributed by atoms with Crippen molar-refractivity contribution in [2.75, 3.05) is 0 Å². The molecule has 1 N–H and O–H groups in total. The largest absolute Gasteiger partial charge is 0.481 e. The molecule has 0 radical (unpaired) electrons. The van der Waals surface area contributed by atoms with E-state index in [1.54, 1.807) is 13.8 Å². The second kappa shape index (κ2) is 5.23. The fourth-order valence-corrected chi connectivity index (χ4v) is 2.61. The second-order valence-electron chi connectivity index (χ2n) is 4.17. The summed E-state index contributed by atoms with van der Waals surface area (Å²) in [5.74, 6) is 1.30. The van der Waals surface area contributed by atoms with Crippen molar-refractivity contribution in [1.29, 1.82) is 0 Å². The molecule has 0 fully saturated rings. The molecule has 0 aliphatic heterocycles. The Morgan fingerprint density at radius 2 is 2.00 bits per heavy atom. The highest BCUT2D eigenvalue weighted by molar-refractivity contribution is 7.92. The lowest BCUT2D eigenvalue weighted by molar-refractivity contribution is -0.136. The van der Waals surface area contributed by atoms with Gasteiger partial charge in [0.05, 0.1) is 16.6 Å². The monoisotopic (exact) mass is 266 g/mol. The van der Waals surface area contributed by atoms with Crippen LogP contribution in [0.1, 0.15) is 25.0 Å². The summed E-state index contributed by atoms with van der Waals surface area (Å²) in [5.41, 5.74) is 0.755. The van der Waals surface area contributed by atoms with Crippen LogP contribution >= 0.6 is 0 Å². The third kappa shape index (κ3) is 3.11. The Kier molecular flexibility index (Phi) is 4.15. The minimum atomic E-state index is -3.46. The molecule has 0 saturated heterocycles. The molecular formula is C13H14O4S. The molecule has 0 saturated carbocycles. The van der Waals surface area contributed by atoms with Crippen LogP contribution in [0.3, 0.4) is 0 Å². The predicted octanol–water partition coefficient (Wildman–Crippen LogP) is 1.48. The first-order valence-electron chi connectivity index (χ1n) is 5.33. The van der Waals surface area contributed by atoms with Crippen LogP contribution in [-0.2, 0) is 21.1 Å². The highest BCUT2D eigenvalue weighted by atomic mass is 32.2. The molecule has 5 heteroatoms. The van der Waals surface area contributed by atoms with Gasteiger partial charge in [0, 0.05) is 5.56 Å². The van der Waals surface area contributed by atoms with Crippen molar-refractivity contribution < 1.29 is 18.3 Å². The summed E-state index contributed by atoms with van der Waals surface area (Å²) in [5, 5.41) is 8.15.